The predicted molar refractivity (Wildman–Crippen MR) is 181 cm³/mol. The zero-order chi connectivity index (χ0) is 36.3. The molecule has 0 saturated heterocycles. The molecule has 0 heterocycles. The summed E-state index contributed by atoms with van der Waals surface area (Å²) in [5.74, 6) is -10.6. The molecule has 2 amide bonds. The average Bonchev–Trinajstić information content (AvgIpc) is 3.04. The number of likely N-dealkylation sites (N-methyl/N-ethyl adjacent to an activating group) is 1. The van der Waals surface area contributed by atoms with E-state index in [-0.39, 0.29) is 17.8 Å². The lowest BCUT2D eigenvalue weighted by Crippen LogP contribution is -2.70. The van der Waals surface area contributed by atoms with Crippen LogP contribution in [0.3, 0.4) is 0 Å². The molecule has 2 aromatic rings. The van der Waals surface area contributed by atoms with Crippen LogP contribution < -0.4 is 21.3 Å². The second kappa shape index (κ2) is 12.8. The van der Waals surface area contributed by atoms with Crippen molar-refractivity contribution < 1.29 is 44.7 Å². The number of aromatic hydroxyl groups is 1. The Balaban J connectivity index is 1.60. The minimum Gasteiger partial charge on any atom is -0.508 e. The first-order valence-electron chi connectivity index (χ1n) is 15.6. The van der Waals surface area contributed by atoms with Crippen LogP contribution in [0.4, 0.5) is 11.4 Å². The molecule has 9 N–H and O–H groups in total. The third kappa shape index (κ3) is 5.37. The molecular formula is C35H41N5O9. The van der Waals surface area contributed by atoms with Crippen molar-refractivity contribution in [2.75, 3.05) is 45.0 Å². The van der Waals surface area contributed by atoms with Crippen LogP contribution >= 0.6 is 0 Å². The van der Waals surface area contributed by atoms with E-state index in [9.17, 15) is 44.7 Å². The number of fused-ring (bicyclic) bond motifs is 3. The number of ketones is 2. The molecule has 0 bridgehead atoms. The van der Waals surface area contributed by atoms with E-state index in [0.29, 0.717) is 11.1 Å². The van der Waals surface area contributed by atoms with Gasteiger partial charge in [-0.3, -0.25) is 29.4 Å². The molecule has 14 heteroatoms. The molecule has 0 spiro atoms. The normalized spacial score (nSPS) is 26.9. The van der Waals surface area contributed by atoms with Gasteiger partial charge in [0.05, 0.1) is 29.3 Å². The molecule has 0 radical (unpaired) electrons. The van der Waals surface area contributed by atoms with E-state index in [2.05, 4.69) is 17.2 Å². The summed E-state index contributed by atoms with van der Waals surface area (Å²) in [4.78, 5) is 56.7. The maximum Gasteiger partial charge on any atom is 0.255 e. The topological polar surface area (TPSA) is 226 Å². The van der Waals surface area contributed by atoms with Crippen LogP contribution in [0.5, 0.6) is 5.75 Å². The first-order valence-corrected chi connectivity index (χ1v) is 15.6. The number of phenolic OH excluding ortho intramolecular Hbond substituents is 1. The highest BCUT2D eigenvalue weighted by Gasteiger charge is 2.68. The summed E-state index contributed by atoms with van der Waals surface area (Å²) in [5.41, 5.74) is 2.32. The number of amides is 2. The van der Waals surface area contributed by atoms with Crippen molar-refractivity contribution in [3.05, 3.63) is 82.6 Å². The Morgan fingerprint density at radius 3 is 2.24 bits per heavy atom. The first kappa shape index (κ1) is 35.3. The van der Waals surface area contributed by atoms with Crippen LogP contribution in [0.25, 0.3) is 5.76 Å². The van der Waals surface area contributed by atoms with E-state index in [1.54, 1.807) is 25.1 Å². The number of hydrogen-bond acceptors (Lipinski definition) is 12. The van der Waals surface area contributed by atoms with Gasteiger partial charge < -0.3 is 41.5 Å². The number of anilines is 2. The van der Waals surface area contributed by atoms with Gasteiger partial charge in [0.15, 0.2) is 11.4 Å². The highest BCUT2D eigenvalue weighted by molar-refractivity contribution is 6.24. The van der Waals surface area contributed by atoms with Crippen molar-refractivity contribution >= 4 is 40.5 Å². The number of carbonyl (C=O) groups excluding carboxylic acids is 4. The van der Waals surface area contributed by atoms with Crippen LogP contribution in [0.15, 0.2) is 66.0 Å². The van der Waals surface area contributed by atoms with Crippen molar-refractivity contribution in [1.82, 2.24) is 10.2 Å². The lowest BCUT2D eigenvalue weighted by Gasteiger charge is -2.53. The van der Waals surface area contributed by atoms with Gasteiger partial charge in [-0.2, -0.15) is 0 Å². The quantitative estimate of drug-likeness (QED) is 0.106. The number of aliphatic hydroxyl groups is 4. The number of nitrogens with two attached hydrogens (primary N) is 1. The van der Waals surface area contributed by atoms with Crippen molar-refractivity contribution in [3.8, 4) is 5.75 Å². The molecule has 2 aromatic carbocycles. The fraction of sp³-hybridized carbons (Fsp3) is 0.371. The van der Waals surface area contributed by atoms with E-state index in [1.807, 2.05) is 31.1 Å². The monoisotopic (exact) mass is 675 g/mol. The maximum absolute atomic E-state index is 14.2. The number of Topliss-reactive ketones (excluding diaryl/α,β-unsaturated/α-hetero) is 2. The number of primary amides is 1. The zero-order valence-corrected chi connectivity index (χ0v) is 27.8. The molecule has 0 aromatic heterocycles. The van der Waals surface area contributed by atoms with Gasteiger partial charge in [0.25, 0.3) is 5.91 Å². The van der Waals surface area contributed by atoms with Crippen molar-refractivity contribution in [2.24, 2.45) is 17.6 Å². The van der Waals surface area contributed by atoms with Crippen LogP contribution in [-0.4, -0.2) is 106 Å². The first-order chi connectivity index (χ1) is 23.0. The van der Waals surface area contributed by atoms with Crippen LogP contribution in [0.2, 0.25) is 0 Å². The average molecular weight is 676 g/mol. The molecule has 3 aliphatic carbocycles. The molecule has 49 heavy (non-hydrogen) atoms. The van der Waals surface area contributed by atoms with Gasteiger partial charge in [0.2, 0.25) is 11.7 Å². The number of benzene rings is 2. The van der Waals surface area contributed by atoms with Gasteiger partial charge in [0.1, 0.15) is 28.9 Å². The summed E-state index contributed by atoms with van der Waals surface area (Å²) >= 11 is 0. The summed E-state index contributed by atoms with van der Waals surface area (Å²) < 4.78 is 0. The molecule has 5 rings (SSSR count). The Kier molecular flexibility index (Phi) is 9.21. The van der Waals surface area contributed by atoms with E-state index in [4.69, 9.17) is 5.73 Å². The van der Waals surface area contributed by atoms with E-state index in [1.165, 1.54) is 31.1 Å². The Morgan fingerprint density at radius 2 is 1.69 bits per heavy atom. The van der Waals surface area contributed by atoms with E-state index < -0.39 is 93.3 Å². The number of hydrogen-bond donors (Lipinski definition) is 8. The van der Waals surface area contributed by atoms with Gasteiger partial charge in [-0.1, -0.05) is 31.2 Å². The number of aliphatic hydroxyl groups excluding tert-OH is 3. The van der Waals surface area contributed by atoms with Gasteiger partial charge in [-0.15, -0.1) is 6.58 Å². The molecule has 7 atom stereocenters. The third-order valence-electron chi connectivity index (χ3n) is 9.86. The number of nitrogens with one attached hydrogen (secondary N) is 2. The van der Waals surface area contributed by atoms with Crippen LogP contribution in [-0.2, 0) is 19.2 Å². The van der Waals surface area contributed by atoms with Crippen molar-refractivity contribution in [1.29, 1.82) is 0 Å². The van der Waals surface area contributed by atoms with Gasteiger partial charge in [0, 0.05) is 37.8 Å². The minimum absolute atomic E-state index is 0.105. The Morgan fingerprint density at radius 1 is 1.06 bits per heavy atom. The summed E-state index contributed by atoms with van der Waals surface area (Å²) in [6.07, 6.45) is -0.128. The molecule has 260 valence electrons. The molecule has 3 aliphatic rings. The molecule has 6 unspecified atom stereocenters. The van der Waals surface area contributed by atoms with Crippen molar-refractivity contribution in [2.45, 2.75) is 36.6 Å². The lowest BCUT2D eigenvalue weighted by atomic mass is 9.54. The van der Waals surface area contributed by atoms with Gasteiger partial charge in [-0.25, -0.2) is 0 Å². The fourth-order valence-electron chi connectivity index (χ4n) is 7.45. The Labute approximate surface area is 282 Å². The van der Waals surface area contributed by atoms with E-state index >= 15 is 0 Å². The van der Waals surface area contributed by atoms with Crippen LogP contribution in [0, 0.1) is 11.8 Å². The molecular weight excluding hydrogens is 634 g/mol. The zero-order valence-electron chi connectivity index (χ0n) is 27.8. The second-order valence-electron chi connectivity index (χ2n) is 13.1. The molecule has 14 nitrogen and oxygen atoms in total. The summed E-state index contributed by atoms with van der Waals surface area (Å²) in [5, 5.41) is 63.7. The molecule has 1 fully saturated rings. The molecule has 1 saturated carbocycles. The lowest BCUT2D eigenvalue weighted by molar-refractivity contribution is -0.169. The largest absolute Gasteiger partial charge is 0.508 e. The van der Waals surface area contributed by atoms with E-state index in [0.717, 1.165) is 5.69 Å². The van der Waals surface area contributed by atoms with Gasteiger partial charge in [-0.05, 0) is 49.3 Å². The molecule has 0 aliphatic heterocycles. The van der Waals surface area contributed by atoms with Gasteiger partial charge >= 0.3 is 0 Å². The smallest absolute Gasteiger partial charge is 0.255 e. The minimum atomic E-state index is -3.03. The highest BCUT2D eigenvalue weighted by Crippen LogP contribution is 2.56. The SMILES string of the molecule is C=CCNC(C(=O)Nc1ccc2c(c1O)C(O)=C1C(=O)C3(O)C(O)=C(C(N)=O)C(=O)[C@@H](N(C)C)C3C(O)C1C2C)c1ccc(N(C)C)cc1. The summed E-state index contributed by atoms with van der Waals surface area (Å²) in [6.45, 7) is 5.60. The fourth-order valence-corrected chi connectivity index (χ4v) is 7.45. The number of phenols is 1. The predicted octanol–water partition coefficient (Wildman–Crippen LogP) is 1.02. The third-order valence-corrected chi connectivity index (χ3v) is 9.86. The maximum atomic E-state index is 14.2. The second-order valence-corrected chi connectivity index (χ2v) is 13.1. The van der Waals surface area contributed by atoms with Crippen LogP contribution in [0.1, 0.15) is 35.6 Å². The summed E-state index contributed by atoms with van der Waals surface area (Å²) in [6, 6.07) is 7.88. The standard InChI is InChI=1S/C35H41N5O9/c1-7-14-37-25(16-8-10-17(11-9-16)39(3)4)34(48)38-19-13-12-18-15(2)20-22(28(42)21(18)27(19)41)31(45)35(49)24(29(20)43)26(40(5)6)30(44)23(32(35)46)33(36)47/h7-13,15,20,24-26,29,37,41-43,46,49H,1,14H2,2-6H3,(H2,36,47)(H,38,48)/t15?,20?,24?,25?,26-,29?,35?/m0/s1. The Bertz CT molecular complexity index is 1820. The Hall–Kier alpha value is -5.02. The summed E-state index contributed by atoms with van der Waals surface area (Å²) in [7, 11) is 6.65. The highest BCUT2D eigenvalue weighted by atomic mass is 16.4. The number of rotatable bonds is 9. The van der Waals surface area contributed by atoms with Crippen molar-refractivity contribution in [3.63, 3.8) is 0 Å². The number of nitrogens with zero attached hydrogens (tertiary/aromatic N) is 2. The number of carbonyl (C=O) groups is 4.